The third-order valence-corrected chi connectivity index (χ3v) is 13.7. The predicted octanol–water partition coefficient (Wildman–Crippen LogP) is 15.8. The lowest BCUT2D eigenvalue weighted by atomic mass is 9.97. The molecule has 6 nitrogen and oxygen atoms in total. The molecule has 0 aliphatic carbocycles. The molecule has 4 aromatic heterocycles. The van der Waals surface area contributed by atoms with Gasteiger partial charge in [0, 0.05) is 54.7 Å². The maximum Gasteiger partial charge on any atom is 0.238 e. The molecule has 4 heterocycles. The lowest BCUT2D eigenvalue weighted by molar-refractivity contribution is 0.955. The van der Waals surface area contributed by atoms with E-state index in [1.165, 1.54) is 21.9 Å². The van der Waals surface area contributed by atoms with Crippen molar-refractivity contribution in [3.63, 3.8) is 0 Å². The number of para-hydroxylation sites is 4. The summed E-state index contributed by atoms with van der Waals surface area (Å²) in [6.45, 7) is 0. The highest BCUT2D eigenvalue weighted by Crippen LogP contribution is 2.44. The minimum Gasteiger partial charge on any atom is -0.309 e. The van der Waals surface area contributed by atoms with E-state index in [1.54, 1.807) is 0 Å². The first kappa shape index (κ1) is 38.8. The third-order valence-electron chi connectivity index (χ3n) is 13.7. The molecule has 0 N–H and O–H groups in total. The van der Waals surface area contributed by atoms with Crippen molar-refractivity contribution in [3.8, 4) is 62.4 Å². The van der Waals surface area contributed by atoms with Gasteiger partial charge in [0.05, 0.1) is 38.8 Å². The summed E-state index contributed by atoms with van der Waals surface area (Å²) in [7, 11) is 0. The van der Waals surface area contributed by atoms with Crippen LogP contribution in [0.5, 0.6) is 0 Å². The molecular weight excluding hydrogens is 841 g/mol. The van der Waals surface area contributed by atoms with Gasteiger partial charge < -0.3 is 9.13 Å². The molecule has 14 aromatic rings. The van der Waals surface area contributed by atoms with Crippen LogP contribution in [0.3, 0.4) is 0 Å². The molecule has 0 saturated heterocycles. The summed E-state index contributed by atoms with van der Waals surface area (Å²) in [4.78, 5) is 16.2. The van der Waals surface area contributed by atoms with Crippen molar-refractivity contribution in [2.75, 3.05) is 0 Å². The lowest BCUT2D eigenvalue weighted by Crippen LogP contribution is -2.06. The fourth-order valence-corrected chi connectivity index (χ4v) is 10.6. The minimum atomic E-state index is 0.551. The maximum atomic E-state index is 5.50. The number of nitrogens with zero attached hydrogens (tertiary/aromatic N) is 6. The van der Waals surface area contributed by atoms with Crippen LogP contribution >= 0.6 is 0 Å². The monoisotopic (exact) mass is 880 g/mol. The number of rotatable bonds is 7. The summed E-state index contributed by atoms with van der Waals surface area (Å²) in [6, 6.07) is 86.3. The van der Waals surface area contributed by atoms with Crippen LogP contribution in [0.4, 0.5) is 0 Å². The van der Waals surface area contributed by atoms with Gasteiger partial charge in [-0.25, -0.2) is 4.98 Å². The molecule has 14 rings (SSSR count). The Morgan fingerprint density at radius 2 is 0.783 bits per heavy atom. The molecule has 10 aromatic carbocycles. The average Bonchev–Trinajstić information content (AvgIpc) is 4.07. The van der Waals surface area contributed by atoms with Crippen molar-refractivity contribution in [2.45, 2.75) is 0 Å². The van der Waals surface area contributed by atoms with Crippen LogP contribution < -0.4 is 0 Å². The van der Waals surface area contributed by atoms with E-state index in [9.17, 15) is 0 Å². The second-order valence-corrected chi connectivity index (χ2v) is 17.6. The zero-order chi connectivity index (χ0) is 45.4. The molecule has 0 spiro atoms. The van der Waals surface area contributed by atoms with Gasteiger partial charge in [-0.15, -0.1) is 0 Å². The molecule has 0 amide bonds. The Labute approximate surface area is 397 Å². The van der Waals surface area contributed by atoms with Crippen LogP contribution in [0.2, 0.25) is 0 Å². The fraction of sp³-hybridized carbons (Fsp3) is 0. The number of fused-ring (bicyclic) bond motifs is 10. The Kier molecular flexibility index (Phi) is 8.79. The van der Waals surface area contributed by atoms with Gasteiger partial charge in [0.15, 0.2) is 11.6 Å². The minimum absolute atomic E-state index is 0.551. The Bertz CT molecular complexity index is 4280. The molecule has 322 valence electrons. The zero-order valence-corrected chi connectivity index (χ0v) is 37.3. The van der Waals surface area contributed by atoms with E-state index in [0.717, 1.165) is 88.3 Å². The molecule has 0 aliphatic rings. The first-order chi connectivity index (χ1) is 34.2. The van der Waals surface area contributed by atoms with Gasteiger partial charge in [-0.1, -0.05) is 188 Å². The van der Waals surface area contributed by atoms with Gasteiger partial charge in [0.2, 0.25) is 5.95 Å². The summed E-state index contributed by atoms with van der Waals surface area (Å²) in [5.41, 5.74) is 15.2. The van der Waals surface area contributed by atoms with Gasteiger partial charge in [-0.05, 0) is 71.3 Å². The molecular formula is C63H40N6. The van der Waals surface area contributed by atoms with Crippen molar-refractivity contribution >= 4 is 65.4 Å². The van der Waals surface area contributed by atoms with Crippen LogP contribution in [0.25, 0.3) is 128 Å². The number of hydrogen-bond acceptors (Lipinski definition) is 3. The van der Waals surface area contributed by atoms with Crippen LogP contribution in [0, 0.1) is 0 Å². The Hall–Kier alpha value is -9.39. The molecule has 0 fully saturated rings. The molecule has 0 atom stereocenters. The van der Waals surface area contributed by atoms with Gasteiger partial charge in [0.25, 0.3) is 0 Å². The fourth-order valence-electron chi connectivity index (χ4n) is 10.6. The zero-order valence-electron chi connectivity index (χ0n) is 37.3. The Balaban J connectivity index is 1.06. The van der Waals surface area contributed by atoms with Gasteiger partial charge >= 0.3 is 0 Å². The Morgan fingerprint density at radius 3 is 1.48 bits per heavy atom. The summed E-state index contributed by atoms with van der Waals surface area (Å²) in [5, 5.41) is 6.89. The number of benzene rings is 10. The first-order valence-electron chi connectivity index (χ1n) is 23.4. The van der Waals surface area contributed by atoms with Crippen molar-refractivity contribution < 1.29 is 0 Å². The standard InChI is InChI=1S/C63H40N6/c1-5-19-41(20-6-1)44-34-37-56(52(39-44)42-21-7-2-8-22-42)68-55-32-18-15-29-51(55)59-57(68)38-36-50-48-28-14-17-31-54(48)69(60(50)59)63-65-61(43-23-9-3-10-24-43)64-62(66-63)45-33-35-49-47-27-13-16-30-53(47)67(58(49)40-45)46-25-11-4-12-26-46/h1-40H. The highest BCUT2D eigenvalue weighted by atomic mass is 15.2. The van der Waals surface area contributed by atoms with Crippen molar-refractivity contribution in [3.05, 3.63) is 243 Å². The summed E-state index contributed by atoms with van der Waals surface area (Å²) in [5.74, 6) is 1.75. The van der Waals surface area contributed by atoms with Crippen molar-refractivity contribution in [1.29, 1.82) is 0 Å². The van der Waals surface area contributed by atoms with Crippen LogP contribution in [-0.4, -0.2) is 28.7 Å². The van der Waals surface area contributed by atoms with Crippen molar-refractivity contribution in [2.24, 2.45) is 0 Å². The summed E-state index contributed by atoms with van der Waals surface area (Å²) in [6.07, 6.45) is 0. The van der Waals surface area contributed by atoms with E-state index in [4.69, 9.17) is 15.0 Å². The van der Waals surface area contributed by atoms with Crippen LogP contribution in [0.15, 0.2) is 243 Å². The van der Waals surface area contributed by atoms with Crippen molar-refractivity contribution in [1.82, 2.24) is 28.7 Å². The lowest BCUT2D eigenvalue weighted by Gasteiger charge is -2.16. The smallest absolute Gasteiger partial charge is 0.238 e. The average molecular weight is 881 g/mol. The molecule has 0 unspecified atom stereocenters. The normalized spacial score (nSPS) is 11.8. The molecule has 0 radical (unpaired) electrons. The van der Waals surface area contributed by atoms with Gasteiger partial charge in [-0.3, -0.25) is 4.57 Å². The number of hydrogen-bond donors (Lipinski definition) is 0. The Morgan fingerprint density at radius 1 is 0.275 bits per heavy atom. The highest BCUT2D eigenvalue weighted by molar-refractivity contribution is 6.26. The third kappa shape index (κ3) is 6.16. The molecule has 0 aliphatic heterocycles. The molecule has 6 heteroatoms. The van der Waals surface area contributed by atoms with E-state index in [2.05, 4.69) is 238 Å². The van der Waals surface area contributed by atoms with Crippen LogP contribution in [0.1, 0.15) is 0 Å². The highest BCUT2D eigenvalue weighted by Gasteiger charge is 2.25. The van der Waals surface area contributed by atoms with E-state index in [1.807, 2.05) is 18.2 Å². The van der Waals surface area contributed by atoms with E-state index >= 15 is 0 Å². The second kappa shape index (κ2) is 15.6. The second-order valence-electron chi connectivity index (χ2n) is 17.6. The summed E-state index contributed by atoms with van der Waals surface area (Å²) < 4.78 is 7.06. The largest absolute Gasteiger partial charge is 0.309 e. The maximum absolute atomic E-state index is 5.50. The molecule has 0 bridgehead atoms. The van der Waals surface area contributed by atoms with E-state index < -0.39 is 0 Å². The van der Waals surface area contributed by atoms with Gasteiger partial charge in [-0.2, -0.15) is 9.97 Å². The summed E-state index contributed by atoms with van der Waals surface area (Å²) >= 11 is 0. The van der Waals surface area contributed by atoms with Gasteiger partial charge in [0.1, 0.15) is 0 Å². The first-order valence-corrected chi connectivity index (χ1v) is 23.4. The predicted molar refractivity (Wildman–Crippen MR) is 285 cm³/mol. The number of aromatic nitrogens is 6. The molecule has 0 saturated carbocycles. The SMILES string of the molecule is c1ccc(-c2ccc(-n3c4ccccc4c4c3ccc3c5ccccc5n(-c5nc(-c6ccccc6)nc(-c6ccc7c8ccccc8n(-c8ccccc8)c7c6)n5)c34)c(-c3ccccc3)c2)cc1. The quantitative estimate of drug-likeness (QED) is 0.160. The van der Waals surface area contributed by atoms with E-state index in [-0.39, 0.29) is 0 Å². The molecule has 69 heavy (non-hydrogen) atoms. The topological polar surface area (TPSA) is 53.5 Å². The van der Waals surface area contributed by atoms with Crippen LogP contribution in [-0.2, 0) is 0 Å². The van der Waals surface area contributed by atoms with E-state index in [0.29, 0.717) is 17.6 Å².